The van der Waals surface area contributed by atoms with Crippen LogP contribution in [0.3, 0.4) is 0 Å². The smallest absolute Gasteiger partial charge is 0.252 e. The molecule has 1 atom stereocenters. The van der Waals surface area contributed by atoms with Crippen LogP contribution in [0.1, 0.15) is 47.8 Å². The van der Waals surface area contributed by atoms with Crippen molar-refractivity contribution in [2.24, 2.45) is 0 Å². The van der Waals surface area contributed by atoms with Crippen LogP contribution >= 0.6 is 15.9 Å². The molecule has 1 aliphatic rings. The van der Waals surface area contributed by atoms with E-state index in [1.165, 1.54) is 0 Å². The predicted molar refractivity (Wildman–Crippen MR) is 99.3 cm³/mol. The Morgan fingerprint density at radius 2 is 2.04 bits per heavy atom. The number of halogens is 1. The van der Waals surface area contributed by atoms with E-state index in [9.17, 15) is 4.79 Å². The fraction of sp³-hybridized carbons (Fsp3) is 0.316. The fourth-order valence-electron chi connectivity index (χ4n) is 3.04. The number of hydrogen-bond acceptors (Lipinski definition) is 3. The highest BCUT2D eigenvalue weighted by Gasteiger charge is 2.35. The summed E-state index contributed by atoms with van der Waals surface area (Å²) in [6, 6.07) is 11.1. The van der Waals surface area contributed by atoms with Crippen LogP contribution in [0.15, 0.2) is 40.9 Å². The average molecular weight is 389 g/mol. The number of nitrogens with one attached hydrogen (secondary N) is 1. The van der Waals surface area contributed by atoms with E-state index in [2.05, 4.69) is 21.2 Å². The van der Waals surface area contributed by atoms with Crippen LogP contribution in [0, 0.1) is 6.92 Å². The summed E-state index contributed by atoms with van der Waals surface area (Å²) in [5.74, 6) is 0.659. The predicted octanol–water partition coefficient (Wildman–Crippen LogP) is 4.37. The van der Waals surface area contributed by atoms with Gasteiger partial charge in [0.05, 0.1) is 11.6 Å². The van der Waals surface area contributed by atoms with E-state index in [-0.39, 0.29) is 17.6 Å². The number of aryl methyl sites for hydroxylation is 1. The third-order valence-corrected chi connectivity index (χ3v) is 4.82. The first-order valence-electron chi connectivity index (χ1n) is 7.91. The zero-order valence-corrected chi connectivity index (χ0v) is 15.6. The van der Waals surface area contributed by atoms with Crippen molar-refractivity contribution in [3.63, 3.8) is 0 Å². The molecule has 5 heteroatoms. The highest BCUT2D eigenvalue weighted by molar-refractivity contribution is 9.10. The van der Waals surface area contributed by atoms with Gasteiger partial charge in [-0.2, -0.15) is 0 Å². The molecule has 1 aliphatic heterocycles. The maximum Gasteiger partial charge on any atom is 0.252 e. The molecule has 4 nitrogen and oxygen atoms in total. The van der Waals surface area contributed by atoms with Gasteiger partial charge in [-0.1, -0.05) is 6.07 Å². The Kier molecular flexibility index (Phi) is 4.30. The molecule has 2 aromatic carbocycles. The second-order valence-corrected chi connectivity index (χ2v) is 7.73. The molecule has 24 heavy (non-hydrogen) atoms. The number of hydrogen-bond donors (Lipinski definition) is 2. The van der Waals surface area contributed by atoms with Gasteiger partial charge in [0.25, 0.3) is 5.91 Å². The number of anilines is 1. The van der Waals surface area contributed by atoms with Crippen LogP contribution < -0.4 is 15.8 Å². The highest BCUT2D eigenvalue weighted by Crippen LogP contribution is 2.40. The number of amides is 1. The number of nitrogens with two attached hydrogens (primary N) is 1. The summed E-state index contributed by atoms with van der Waals surface area (Å²) in [6.45, 7) is 6.03. The molecule has 1 heterocycles. The molecule has 1 amide bonds. The summed E-state index contributed by atoms with van der Waals surface area (Å²) in [5, 5.41) is 3.13. The topological polar surface area (TPSA) is 64.3 Å². The first kappa shape index (κ1) is 16.8. The van der Waals surface area contributed by atoms with Gasteiger partial charge in [0.2, 0.25) is 0 Å². The number of fused-ring (bicyclic) bond motifs is 1. The summed E-state index contributed by atoms with van der Waals surface area (Å²) >= 11 is 3.47. The summed E-state index contributed by atoms with van der Waals surface area (Å²) in [7, 11) is 0. The Balaban J connectivity index is 1.91. The molecule has 2 aromatic rings. The van der Waals surface area contributed by atoms with Crippen LogP contribution in [-0.4, -0.2) is 11.5 Å². The van der Waals surface area contributed by atoms with Gasteiger partial charge in [-0.05, 0) is 72.6 Å². The number of carbonyl (C=O) groups is 1. The van der Waals surface area contributed by atoms with Crippen molar-refractivity contribution < 1.29 is 9.53 Å². The van der Waals surface area contributed by atoms with Crippen molar-refractivity contribution in [3.8, 4) is 5.75 Å². The lowest BCUT2D eigenvalue weighted by Gasteiger charge is -2.38. The van der Waals surface area contributed by atoms with Crippen molar-refractivity contribution in [2.75, 3.05) is 5.73 Å². The van der Waals surface area contributed by atoms with Crippen molar-refractivity contribution in [1.82, 2.24) is 5.32 Å². The van der Waals surface area contributed by atoms with Crippen LogP contribution in [0.25, 0.3) is 0 Å². The summed E-state index contributed by atoms with van der Waals surface area (Å²) in [5.41, 5.74) is 8.87. The lowest BCUT2D eigenvalue weighted by Crippen LogP contribution is -2.41. The monoisotopic (exact) mass is 388 g/mol. The molecule has 0 aliphatic carbocycles. The van der Waals surface area contributed by atoms with Gasteiger partial charge < -0.3 is 15.8 Å². The van der Waals surface area contributed by atoms with Gasteiger partial charge in [-0.3, -0.25) is 4.79 Å². The van der Waals surface area contributed by atoms with Crippen molar-refractivity contribution in [3.05, 3.63) is 57.6 Å². The molecule has 0 aromatic heterocycles. The van der Waals surface area contributed by atoms with Gasteiger partial charge in [0, 0.05) is 22.1 Å². The van der Waals surface area contributed by atoms with Gasteiger partial charge in [0.1, 0.15) is 11.4 Å². The Morgan fingerprint density at radius 3 is 2.75 bits per heavy atom. The maximum atomic E-state index is 12.7. The minimum atomic E-state index is -0.356. The summed E-state index contributed by atoms with van der Waals surface area (Å²) < 4.78 is 6.81. The second-order valence-electron chi connectivity index (χ2n) is 6.87. The molecule has 0 bridgehead atoms. The van der Waals surface area contributed by atoms with Crippen LogP contribution in [0.2, 0.25) is 0 Å². The summed E-state index contributed by atoms with van der Waals surface area (Å²) in [6.07, 6.45) is 0.679. The minimum absolute atomic E-state index is 0.113. The Bertz CT molecular complexity index is 802. The first-order chi connectivity index (χ1) is 11.2. The number of rotatable bonds is 2. The molecule has 0 fully saturated rings. The van der Waals surface area contributed by atoms with Gasteiger partial charge in [-0.25, -0.2) is 0 Å². The normalized spacial score (nSPS) is 18.4. The van der Waals surface area contributed by atoms with Crippen molar-refractivity contribution >= 4 is 27.5 Å². The Labute approximate surface area is 150 Å². The Hall–Kier alpha value is -2.01. The van der Waals surface area contributed by atoms with Crippen LogP contribution in [0.4, 0.5) is 5.69 Å². The second kappa shape index (κ2) is 6.13. The quantitative estimate of drug-likeness (QED) is 0.750. The lowest BCUT2D eigenvalue weighted by atomic mass is 9.89. The van der Waals surface area contributed by atoms with E-state index < -0.39 is 0 Å². The SMILES string of the molecule is Cc1ccc(C(=O)NC2CC(C)(C)Oc3ccc(N)cc32)c(Br)c1. The standard InChI is InChI=1S/C19H21BrN2O2/c1-11-4-6-13(15(20)8-11)18(23)22-16-10-19(2,3)24-17-7-5-12(21)9-14(16)17/h4-9,16H,10,21H2,1-3H3,(H,22,23). The largest absolute Gasteiger partial charge is 0.487 e. The number of nitrogen functional groups attached to an aromatic ring is 1. The van der Waals surface area contributed by atoms with E-state index in [4.69, 9.17) is 10.5 Å². The van der Waals surface area contributed by atoms with Crippen molar-refractivity contribution in [2.45, 2.75) is 38.8 Å². The van der Waals surface area contributed by atoms with E-state index in [0.717, 1.165) is 21.3 Å². The van der Waals surface area contributed by atoms with E-state index >= 15 is 0 Å². The molecular weight excluding hydrogens is 368 g/mol. The zero-order chi connectivity index (χ0) is 17.5. The molecule has 0 spiro atoms. The molecular formula is C19H21BrN2O2. The molecule has 1 unspecified atom stereocenters. The number of ether oxygens (including phenoxy) is 1. The maximum absolute atomic E-state index is 12.7. The van der Waals surface area contributed by atoms with Gasteiger partial charge in [-0.15, -0.1) is 0 Å². The minimum Gasteiger partial charge on any atom is -0.487 e. The van der Waals surface area contributed by atoms with E-state index in [0.29, 0.717) is 17.7 Å². The molecule has 0 radical (unpaired) electrons. The Morgan fingerprint density at radius 1 is 1.29 bits per heavy atom. The molecule has 126 valence electrons. The third kappa shape index (κ3) is 3.41. The van der Waals surface area contributed by atoms with Crippen LogP contribution in [-0.2, 0) is 0 Å². The fourth-order valence-corrected chi connectivity index (χ4v) is 3.72. The lowest BCUT2D eigenvalue weighted by molar-refractivity contribution is 0.0620. The van der Waals surface area contributed by atoms with E-state index in [1.54, 1.807) is 0 Å². The van der Waals surface area contributed by atoms with Gasteiger partial charge in [0.15, 0.2) is 0 Å². The number of carbonyl (C=O) groups excluding carboxylic acids is 1. The molecule has 3 N–H and O–H groups in total. The first-order valence-corrected chi connectivity index (χ1v) is 8.70. The third-order valence-electron chi connectivity index (χ3n) is 4.17. The zero-order valence-electron chi connectivity index (χ0n) is 14.0. The molecule has 0 saturated heterocycles. The molecule has 3 rings (SSSR count). The average Bonchev–Trinajstić information content (AvgIpc) is 2.47. The number of benzene rings is 2. The van der Waals surface area contributed by atoms with Crippen molar-refractivity contribution in [1.29, 1.82) is 0 Å². The molecule has 0 saturated carbocycles. The summed E-state index contributed by atoms with van der Waals surface area (Å²) in [4.78, 5) is 12.7. The van der Waals surface area contributed by atoms with E-state index in [1.807, 2.05) is 57.2 Å². The highest BCUT2D eigenvalue weighted by atomic mass is 79.9. The van der Waals surface area contributed by atoms with Crippen LogP contribution in [0.5, 0.6) is 5.75 Å². The van der Waals surface area contributed by atoms with Gasteiger partial charge >= 0.3 is 0 Å².